The summed E-state index contributed by atoms with van der Waals surface area (Å²) in [5, 5.41) is 23.0. The van der Waals surface area contributed by atoms with Gasteiger partial charge in [-0.2, -0.15) is 0 Å². The summed E-state index contributed by atoms with van der Waals surface area (Å²) in [6, 6.07) is -0.643. The molecule has 0 saturated carbocycles. The van der Waals surface area contributed by atoms with E-state index < -0.39 is 12.1 Å². The molecule has 0 radical (unpaired) electrons. The van der Waals surface area contributed by atoms with E-state index in [0.29, 0.717) is 19.4 Å². The van der Waals surface area contributed by atoms with E-state index in [4.69, 9.17) is 4.74 Å². The number of hydrogen-bond acceptors (Lipinski definition) is 5. The van der Waals surface area contributed by atoms with Crippen molar-refractivity contribution in [1.29, 1.82) is 0 Å². The van der Waals surface area contributed by atoms with Crippen LogP contribution in [0.4, 0.5) is 0 Å². The Hall–Kier alpha value is -1.92. The number of carbonyl (C=O) groups is 2. The summed E-state index contributed by atoms with van der Waals surface area (Å²) in [6.45, 7) is 4.83. The third-order valence-corrected chi connectivity index (χ3v) is 11.2. The van der Waals surface area contributed by atoms with E-state index in [1.165, 1.54) is 148 Å². The number of amides is 1. The first kappa shape index (κ1) is 55.1. The van der Waals surface area contributed by atoms with Gasteiger partial charge in [0.05, 0.1) is 25.4 Å². The van der Waals surface area contributed by atoms with Crippen LogP contribution in [0.1, 0.15) is 251 Å². The van der Waals surface area contributed by atoms with Crippen molar-refractivity contribution in [2.75, 3.05) is 13.2 Å². The number of esters is 1. The SMILES string of the molecule is CCCCCCCCCCCC/C=C/C(O)C(CO)NC(=O)CCCCCCCC/C=C\C=C/CCCCCOC(=O)CCCCCCCCCCCCCCC. The molecule has 0 aromatic heterocycles. The van der Waals surface area contributed by atoms with Crippen LogP contribution in [0.2, 0.25) is 0 Å². The minimum Gasteiger partial charge on any atom is -0.466 e. The predicted molar refractivity (Wildman–Crippen MR) is 246 cm³/mol. The van der Waals surface area contributed by atoms with Crippen LogP contribution < -0.4 is 5.32 Å². The van der Waals surface area contributed by atoms with Crippen LogP contribution in [0.25, 0.3) is 0 Å². The lowest BCUT2D eigenvalue weighted by Gasteiger charge is -2.20. The lowest BCUT2D eigenvalue weighted by Crippen LogP contribution is -2.45. The zero-order valence-corrected chi connectivity index (χ0v) is 37.8. The second kappa shape index (κ2) is 46.8. The summed E-state index contributed by atoms with van der Waals surface area (Å²) in [5.41, 5.74) is 0. The third kappa shape index (κ3) is 43.5. The smallest absolute Gasteiger partial charge is 0.305 e. The second-order valence-electron chi connectivity index (χ2n) is 16.8. The average Bonchev–Trinajstić information content (AvgIpc) is 3.21. The third-order valence-electron chi connectivity index (χ3n) is 11.2. The van der Waals surface area contributed by atoms with E-state index in [1.807, 2.05) is 6.08 Å². The van der Waals surface area contributed by atoms with Crippen molar-refractivity contribution in [3.8, 4) is 0 Å². The molecule has 0 aliphatic rings. The van der Waals surface area contributed by atoms with Gasteiger partial charge in [0.2, 0.25) is 5.91 Å². The van der Waals surface area contributed by atoms with Crippen LogP contribution in [0.5, 0.6) is 0 Å². The maximum atomic E-state index is 12.4. The summed E-state index contributed by atoms with van der Waals surface area (Å²) in [4.78, 5) is 24.4. The molecule has 0 aromatic carbocycles. The van der Waals surface area contributed by atoms with Crippen LogP contribution in [-0.4, -0.2) is 47.4 Å². The number of ether oxygens (including phenoxy) is 1. The van der Waals surface area contributed by atoms with Crippen molar-refractivity contribution in [2.24, 2.45) is 0 Å². The first-order valence-corrected chi connectivity index (χ1v) is 24.8. The molecule has 0 spiro atoms. The van der Waals surface area contributed by atoms with E-state index in [-0.39, 0.29) is 18.5 Å². The van der Waals surface area contributed by atoms with E-state index in [0.717, 1.165) is 77.0 Å². The average molecular weight is 802 g/mol. The Morgan fingerprint density at radius 2 is 0.860 bits per heavy atom. The normalized spacial score (nSPS) is 13.0. The van der Waals surface area contributed by atoms with Gasteiger partial charge >= 0.3 is 5.97 Å². The van der Waals surface area contributed by atoms with Crippen LogP contribution in [0.15, 0.2) is 36.5 Å². The summed E-state index contributed by atoms with van der Waals surface area (Å²) >= 11 is 0. The fourth-order valence-corrected chi connectivity index (χ4v) is 7.33. The van der Waals surface area contributed by atoms with Crippen LogP contribution in [-0.2, 0) is 14.3 Å². The van der Waals surface area contributed by atoms with Crippen LogP contribution in [0, 0.1) is 0 Å². The molecule has 6 heteroatoms. The standard InChI is InChI=1S/C51H95NO5/c1-3-5-7-9-11-13-15-20-25-29-33-37-41-45-51(56)57-46-42-38-34-30-26-22-19-17-18-21-24-28-32-36-40-44-50(55)52-48(47-53)49(54)43-39-35-31-27-23-16-14-12-10-8-6-4-2/h17,19,22,26,39,43,48-49,53-54H,3-16,18,20-21,23-25,27-38,40-42,44-47H2,1-2H3,(H,52,55)/b19-17-,26-22-,43-39+. The Morgan fingerprint density at radius 1 is 0.491 bits per heavy atom. The number of allylic oxidation sites excluding steroid dienone is 5. The summed E-state index contributed by atoms with van der Waals surface area (Å²) in [5.74, 6) is -0.114. The molecular formula is C51H95NO5. The summed E-state index contributed by atoms with van der Waals surface area (Å²) in [7, 11) is 0. The van der Waals surface area contributed by atoms with Gasteiger partial charge in [-0.05, 0) is 64.2 Å². The van der Waals surface area contributed by atoms with E-state index in [1.54, 1.807) is 6.08 Å². The highest BCUT2D eigenvalue weighted by molar-refractivity contribution is 5.76. The number of aliphatic hydroxyl groups is 2. The molecule has 0 aliphatic heterocycles. The molecule has 0 rings (SSSR count). The van der Waals surface area contributed by atoms with Crippen molar-refractivity contribution in [3.63, 3.8) is 0 Å². The fourth-order valence-electron chi connectivity index (χ4n) is 7.33. The molecule has 0 aromatic rings. The number of hydrogen-bond donors (Lipinski definition) is 3. The topological polar surface area (TPSA) is 95.9 Å². The monoisotopic (exact) mass is 802 g/mol. The minimum atomic E-state index is -0.857. The molecule has 0 heterocycles. The number of nitrogens with one attached hydrogen (secondary N) is 1. The molecule has 6 nitrogen and oxygen atoms in total. The first-order valence-electron chi connectivity index (χ1n) is 24.8. The maximum absolute atomic E-state index is 12.4. The first-order chi connectivity index (χ1) is 28.0. The van der Waals surface area contributed by atoms with Gasteiger partial charge in [-0.3, -0.25) is 9.59 Å². The minimum absolute atomic E-state index is 0.0222. The molecule has 334 valence electrons. The van der Waals surface area contributed by atoms with Crippen molar-refractivity contribution in [3.05, 3.63) is 36.5 Å². The zero-order valence-electron chi connectivity index (χ0n) is 37.8. The Kier molecular flexibility index (Phi) is 45.2. The number of unbranched alkanes of at least 4 members (excludes halogenated alkanes) is 31. The van der Waals surface area contributed by atoms with Crippen molar-refractivity contribution >= 4 is 11.9 Å². The van der Waals surface area contributed by atoms with Crippen molar-refractivity contribution in [1.82, 2.24) is 5.32 Å². The van der Waals surface area contributed by atoms with E-state index >= 15 is 0 Å². The maximum Gasteiger partial charge on any atom is 0.305 e. The summed E-state index contributed by atoms with van der Waals surface area (Å²) < 4.78 is 5.43. The summed E-state index contributed by atoms with van der Waals surface area (Å²) in [6.07, 6.45) is 55.7. The van der Waals surface area contributed by atoms with Gasteiger partial charge in [0.15, 0.2) is 0 Å². The molecule has 57 heavy (non-hydrogen) atoms. The lowest BCUT2D eigenvalue weighted by atomic mass is 10.0. The van der Waals surface area contributed by atoms with Gasteiger partial charge < -0.3 is 20.3 Å². The molecule has 2 unspecified atom stereocenters. The largest absolute Gasteiger partial charge is 0.466 e. The van der Waals surface area contributed by atoms with Gasteiger partial charge in [0, 0.05) is 12.8 Å². The fraction of sp³-hybridized carbons (Fsp3) is 0.843. The molecule has 0 bridgehead atoms. The Balaban J connectivity index is 3.56. The molecule has 2 atom stereocenters. The highest BCUT2D eigenvalue weighted by Gasteiger charge is 2.18. The highest BCUT2D eigenvalue weighted by atomic mass is 16.5. The molecule has 0 fully saturated rings. The Bertz CT molecular complexity index is 931. The van der Waals surface area contributed by atoms with E-state index in [2.05, 4.69) is 43.5 Å². The van der Waals surface area contributed by atoms with Gasteiger partial charge in [-0.1, -0.05) is 211 Å². The Morgan fingerprint density at radius 3 is 1.30 bits per heavy atom. The number of aliphatic hydroxyl groups excluding tert-OH is 2. The van der Waals surface area contributed by atoms with Crippen LogP contribution in [0.3, 0.4) is 0 Å². The second-order valence-corrected chi connectivity index (χ2v) is 16.8. The predicted octanol–water partition coefficient (Wildman–Crippen LogP) is 14.5. The highest BCUT2D eigenvalue weighted by Crippen LogP contribution is 2.15. The van der Waals surface area contributed by atoms with Crippen molar-refractivity contribution in [2.45, 2.75) is 264 Å². The quantitative estimate of drug-likeness (QED) is 0.0247. The van der Waals surface area contributed by atoms with Crippen molar-refractivity contribution < 1.29 is 24.5 Å². The zero-order chi connectivity index (χ0) is 41.5. The lowest BCUT2D eigenvalue weighted by molar-refractivity contribution is -0.143. The molecule has 3 N–H and O–H groups in total. The van der Waals surface area contributed by atoms with Gasteiger partial charge in [-0.25, -0.2) is 0 Å². The van der Waals surface area contributed by atoms with Gasteiger partial charge in [-0.15, -0.1) is 0 Å². The molecule has 1 amide bonds. The number of rotatable bonds is 45. The van der Waals surface area contributed by atoms with Crippen LogP contribution >= 0.6 is 0 Å². The Labute approximate surface area is 353 Å². The van der Waals surface area contributed by atoms with Gasteiger partial charge in [0.25, 0.3) is 0 Å². The van der Waals surface area contributed by atoms with E-state index in [9.17, 15) is 19.8 Å². The molecule has 0 aliphatic carbocycles. The molecular weight excluding hydrogens is 707 g/mol. The number of carbonyl (C=O) groups excluding carboxylic acids is 2. The molecule has 0 saturated heterocycles. The van der Waals surface area contributed by atoms with Gasteiger partial charge in [0.1, 0.15) is 0 Å².